The number of halogens is 1. The molecule has 0 aromatic rings. The lowest BCUT2D eigenvalue weighted by atomic mass is 9.98. The molecule has 0 aromatic carbocycles. The Bertz CT molecular complexity index is 101. The Morgan fingerprint density at radius 3 is 1.83 bits per heavy atom. The van der Waals surface area contributed by atoms with Crippen molar-refractivity contribution in [3.63, 3.8) is 0 Å². The highest BCUT2D eigenvalue weighted by atomic mass is 35.5. The van der Waals surface area contributed by atoms with Crippen molar-refractivity contribution in [2.75, 3.05) is 40.5 Å². The van der Waals surface area contributed by atoms with Gasteiger partial charge in [-0.25, -0.2) is 0 Å². The van der Waals surface area contributed by atoms with Crippen LogP contribution in [0.1, 0.15) is 0 Å². The Balaban J connectivity index is 0.00000121. The maximum Gasteiger partial charge on any atom is 0.0506 e. The number of methoxy groups -OCH3 is 2. The van der Waals surface area contributed by atoms with E-state index in [9.17, 15) is 0 Å². The third kappa shape index (κ3) is 3.27. The van der Waals surface area contributed by atoms with Crippen LogP contribution in [0.3, 0.4) is 0 Å². The third-order valence-corrected chi connectivity index (χ3v) is 2.24. The maximum atomic E-state index is 5.11. The summed E-state index contributed by atoms with van der Waals surface area (Å²) in [5, 5.41) is 3.33. The van der Waals surface area contributed by atoms with Crippen molar-refractivity contribution in [3.05, 3.63) is 0 Å². The van der Waals surface area contributed by atoms with Crippen molar-refractivity contribution in [2.45, 2.75) is 0 Å². The Morgan fingerprint density at radius 1 is 1.08 bits per heavy atom. The van der Waals surface area contributed by atoms with Gasteiger partial charge in [0.15, 0.2) is 0 Å². The molecule has 1 heterocycles. The van der Waals surface area contributed by atoms with Crippen LogP contribution >= 0.6 is 12.4 Å². The van der Waals surface area contributed by atoms with Crippen molar-refractivity contribution in [3.8, 4) is 0 Å². The Morgan fingerprint density at radius 2 is 1.50 bits per heavy atom. The lowest BCUT2D eigenvalue weighted by Gasteiger charge is -2.15. The Kier molecular flexibility index (Phi) is 6.76. The molecule has 0 saturated carbocycles. The summed E-state index contributed by atoms with van der Waals surface area (Å²) in [4.78, 5) is 0. The molecule has 1 aliphatic rings. The topological polar surface area (TPSA) is 30.5 Å². The molecule has 0 aliphatic carbocycles. The molecule has 2 atom stereocenters. The molecule has 0 bridgehead atoms. The third-order valence-electron chi connectivity index (χ3n) is 2.24. The highest BCUT2D eigenvalue weighted by Gasteiger charge is 2.26. The largest absolute Gasteiger partial charge is 0.384 e. The predicted molar refractivity (Wildman–Crippen MR) is 50.8 cm³/mol. The Hall–Kier alpha value is 0.170. The quantitative estimate of drug-likeness (QED) is 0.711. The van der Waals surface area contributed by atoms with Crippen molar-refractivity contribution in [1.82, 2.24) is 5.32 Å². The minimum absolute atomic E-state index is 0. The molecule has 74 valence electrons. The second kappa shape index (κ2) is 6.66. The lowest BCUT2D eigenvalue weighted by molar-refractivity contribution is 0.0937. The van der Waals surface area contributed by atoms with Gasteiger partial charge in [-0.05, 0) is 0 Å². The fourth-order valence-corrected chi connectivity index (χ4v) is 1.61. The molecule has 1 fully saturated rings. The van der Waals surface area contributed by atoms with Gasteiger partial charge in [-0.15, -0.1) is 12.4 Å². The summed E-state index contributed by atoms with van der Waals surface area (Å²) in [5.41, 5.74) is 0. The van der Waals surface area contributed by atoms with Crippen LogP contribution in [-0.2, 0) is 9.47 Å². The highest BCUT2D eigenvalue weighted by Crippen LogP contribution is 2.16. The zero-order chi connectivity index (χ0) is 8.10. The fraction of sp³-hybridized carbons (Fsp3) is 1.00. The van der Waals surface area contributed by atoms with Crippen molar-refractivity contribution < 1.29 is 9.47 Å². The number of nitrogens with one attached hydrogen (secondary N) is 1. The van der Waals surface area contributed by atoms with Crippen molar-refractivity contribution in [1.29, 1.82) is 0 Å². The number of hydrogen-bond acceptors (Lipinski definition) is 3. The molecule has 1 N–H and O–H groups in total. The zero-order valence-corrected chi connectivity index (χ0v) is 8.52. The molecule has 4 heteroatoms. The van der Waals surface area contributed by atoms with Crippen LogP contribution in [0.25, 0.3) is 0 Å². The molecule has 3 nitrogen and oxygen atoms in total. The SMILES string of the molecule is COCC1CNCC1COC.Cl. The molecule has 12 heavy (non-hydrogen) atoms. The summed E-state index contributed by atoms with van der Waals surface area (Å²) in [6, 6.07) is 0. The van der Waals surface area contributed by atoms with Crippen LogP contribution in [0.15, 0.2) is 0 Å². The molecule has 2 unspecified atom stereocenters. The van der Waals surface area contributed by atoms with Gasteiger partial charge in [-0.1, -0.05) is 0 Å². The second-order valence-electron chi connectivity index (χ2n) is 3.09. The van der Waals surface area contributed by atoms with Gasteiger partial charge in [0.25, 0.3) is 0 Å². The van der Waals surface area contributed by atoms with Crippen LogP contribution < -0.4 is 5.32 Å². The summed E-state index contributed by atoms with van der Waals surface area (Å²) in [7, 11) is 3.50. The smallest absolute Gasteiger partial charge is 0.0506 e. The summed E-state index contributed by atoms with van der Waals surface area (Å²) in [6.07, 6.45) is 0. The maximum absolute atomic E-state index is 5.11. The fourth-order valence-electron chi connectivity index (χ4n) is 1.61. The summed E-state index contributed by atoms with van der Waals surface area (Å²) >= 11 is 0. The van der Waals surface area contributed by atoms with E-state index in [1.807, 2.05) is 0 Å². The van der Waals surface area contributed by atoms with E-state index in [-0.39, 0.29) is 12.4 Å². The summed E-state index contributed by atoms with van der Waals surface area (Å²) in [5.74, 6) is 1.28. The van der Waals surface area contributed by atoms with Gasteiger partial charge >= 0.3 is 0 Å². The summed E-state index contributed by atoms with van der Waals surface area (Å²) in [6.45, 7) is 3.84. The number of hydrogen-bond donors (Lipinski definition) is 1. The number of rotatable bonds is 4. The van der Waals surface area contributed by atoms with Crippen LogP contribution in [-0.4, -0.2) is 40.5 Å². The van der Waals surface area contributed by atoms with E-state index in [1.54, 1.807) is 14.2 Å². The molecule has 0 spiro atoms. The van der Waals surface area contributed by atoms with Crippen molar-refractivity contribution >= 4 is 12.4 Å². The van der Waals surface area contributed by atoms with E-state index >= 15 is 0 Å². The molecule has 0 aromatic heterocycles. The van der Waals surface area contributed by atoms with Gasteiger partial charge in [-0.2, -0.15) is 0 Å². The molecule has 0 amide bonds. The van der Waals surface area contributed by atoms with Gasteiger partial charge in [-0.3, -0.25) is 0 Å². The lowest BCUT2D eigenvalue weighted by Crippen LogP contribution is -2.21. The molecule has 1 rings (SSSR count). The number of ether oxygens (including phenoxy) is 2. The predicted octanol–water partition coefficient (Wildman–Crippen LogP) is 0.537. The van der Waals surface area contributed by atoms with Gasteiger partial charge in [0, 0.05) is 39.1 Å². The molecule has 1 aliphatic heterocycles. The van der Waals surface area contributed by atoms with Crippen LogP contribution in [0.2, 0.25) is 0 Å². The molecule has 0 radical (unpaired) electrons. The summed E-state index contributed by atoms with van der Waals surface area (Å²) < 4.78 is 10.2. The minimum Gasteiger partial charge on any atom is -0.384 e. The van der Waals surface area contributed by atoms with E-state index in [1.165, 1.54) is 0 Å². The normalized spacial score (nSPS) is 28.5. The minimum atomic E-state index is 0. The standard InChI is InChI=1S/C8H17NO2.ClH/c1-10-5-7-3-9-4-8(7)6-11-2;/h7-9H,3-6H2,1-2H3;1H. The van der Waals surface area contributed by atoms with Gasteiger partial charge < -0.3 is 14.8 Å². The average molecular weight is 196 g/mol. The monoisotopic (exact) mass is 195 g/mol. The first kappa shape index (κ1) is 12.2. The van der Waals surface area contributed by atoms with E-state index in [0.29, 0.717) is 11.8 Å². The van der Waals surface area contributed by atoms with Gasteiger partial charge in [0.2, 0.25) is 0 Å². The van der Waals surface area contributed by atoms with Crippen LogP contribution in [0, 0.1) is 11.8 Å². The zero-order valence-electron chi connectivity index (χ0n) is 7.71. The van der Waals surface area contributed by atoms with E-state index in [2.05, 4.69) is 5.32 Å². The first-order valence-corrected chi connectivity index (χ1v) is 4.07. The van der Waals surface area contributed by atoms with Crippen molar-refractivity contribution in [2.24, 2.45) is 11.8 Å². The van der Waals surface area contributed by atoms with Gasteiger partial charge in [0.1, 0.15) is 0 Å². The Labute approximate surface area is 80.2 Å². The first-order valence-electron chi connectivity index (χ1n) is 4.07. The average Bonchev–Trinajstić information content (AvgIpc) is 2.39. The second-order valence-corrected chi connectivity index (χ2v) is 3.09. The van der Waals surface area contributed by atoms with E-state index < -0.39 is 0 Å². The highest BCUT2D eigenvalue weighted by molar-refractivity contribution is 5.85. The first-order chi connectivity index (χ1) is 5.38. The van der Waals surface area contributed by atoms with E-state index in [4.69, 9.17) is 9.47 Å². The molecule has 1 saturated heterocycles. The molecular weight excluding hydrogens is 178 g/mol. The van der Waals surface area contributed by atoms with Gasteiger partial charge in [0.05, 0.1) is 13.2 Å². The van der Waals surface area contributed by atoms with Crippen LogP contribution in [0.5, 0.6) is 0 Å². The molecular formula is C8H18ClNO2. The van der Waals surface area contributed by atoms with E-state index in [0.717, 1.165) is 26.3 Å². The van der Waals surface area contributed by atoms with Crippen LogP contribution in [0.4, 0.5) is 0 Å².